The lowest BCUT2D eigenvalue weighted by molar-refractivity contribution is -0.140. The number of benzene rings is 1. The fraction of sp³-hybridized carbons (Fsp3) is 0.312. The van der Waals surface area contributed by atoms with Crippen LogP contribution in [-0.4, -0.2) is 22.0 Å². The van der Waals surface area contributed by atoms with Gasteiger partial charge in [-0.15, -0.1) is 0 Å². The molecule has 0 unspecified atom stereocenters. The number of carbonyl (C=O) groups is 2. The molecule has 0 aliphatic heterocycles. The van der Waals surface area contributed by atoms with Gasteiger partial charge in [0.1, 0.15) is 0 Å². The molecule has 0 spiro atoms. The summed E-state index contributed by atoms with van der Waals surface area (Å²) in [5, 5.41) is 13.8. The van der Waals surface area contributed by atoms with E-state index in [1.165, 1.54) is 0 Å². The van der Waals surface area contributed by atoms with Crippen molar-refractivity contribution in [3.8, 4) is 0 Å². The molecule has 21 heavy (non-hydrogen) atoms. The molecule has 1 aliphatic rings. The molecule has 2 atom stereocenters. The summed E-state index contributed by atoms with van der Waals surface area (Å²) in [4.78, 5) is 27.6. The van der Waals surface area contributed by atoms with E-state index in [2.05, 4.69) is 10.3 Å². The first-order valence-electron chi connectivity index (χ1n) is 6.79. The van der Waals surface area contributed by atoms with Gasteiger partial charge in [0.15, 0.2) is 0 Å². The Kier molecular flexibility index (Phi) is 2.93. The van der Waals surface area contributed by atoms with Crippen LogP contribution in [0.2, 0.25) is 0 Å². The summed E-state index contributed by atoms with van der Waals surface area (Å²) in [5.74, 6) is -2.28. The van der Waals surface area contributed by atoms with Crippen molar-refractivity contribution in [2.75, 3.05) is 5.32 Å². The Morgan fingerprint density at radius 3 is 2.67 bits per heavy atom. The minimum atomic E-state index is -0.917. The molecule has 2 N–H and O–H groups in total. The molecule has 1 aromatic heterocycles. The number of aromatic nitrogens is 1. The molecule has 0 bridgehead atoms. The highest BCUT2D eigenvalue weighted by Gasteiger charge is 2.65. The van der Waals surface area contributed by atoms with Gasteiger partial charge in [-0.05, 0) is 22.9 Å². The Labute approximate surface area is 122 Å². The van der Waals surface area contributed by atoms with Crippen LogP contribution in [-0.2, 0) is 9.59 Å². The number of anilines is 1. The fourth-order valence-electron chi connectivity index (χ4n) is 3.02. The molecule has 1 aliphatic carbocycles. The minimum Gasteiger partial charge on any atom is -0.481 e. The highest BCUT2D eigenvalue weighted by atomic mass is 16.4. The number of carbonyl (C=O) groups excluding carboxylic acids is 1. The fourth-order valence-corrected chi connectivity index (χ4v) is 3.02. The zero-order chi connectivity index (χ0) is 15.2. The Bertz CT molecular complexity index is 734. The molecule has 0 radical (unpaired) electrons. The largest absolute Gasteiger partial charge is 0.481 e. The SMILES string of the molecule is CC1(C)[C@H](C(=O)O)[C@@H]1C(=O)Nc1cccc2ccncc12. The number of rotatable bonds is 3. The standard InChI is InChI=1S/C16H16N2O3/c1-16(2)12(13(16)15(20)21)14(19)18-11-5-3-4-9-6-7-17-8-10(9)11/h3-8,12-13H,1-2H3,(H,18,19)(H,20,21)/t12-,13+/m1/s1. The van der Waals surface area contributed by atoms with Crippen molar-refractivity contribution in [1.82, 2.24) is 4.98 Å². The van der Waals surface area contributed by atoms with Crippen LogP contribution in [0.15, 0.2) is 36.7 Å². The van der Waals surface area contributed by atoms with Crippen molar-refractivity contribution in [1.29, 1.82) is 0 Å². The second-order valence-corrected chi connectivity index (χ2v) is 6.01. The van der Waals surface area contributed by atoms with Crippen molar-refractivity contribution < 1.29 is 14.7 Å². The van der Waals surface area contributed by atoms with E-state index in [4.69, 9.17) is 5.11 Å². The van der Waals surface area contributed by atoms with Gasteiger partial charge in [-0.1, -0.05) is 26.0 Å². The number of pyridine rings is 1. The number of carboxylic acids is 1. The lowest BCUT2D eigenvalue weighted by Crippen LogP contribution is -2.17. The van der Waals surface area contributed by atoms with E-state index in [9.17, 15) is 9.59 Å². The maximum atomic E-state index is 12.4. The van der Waals surface area contributed by atoms with E-state index in [1.807, 2.05) is 18.2 Å². The molecule has 1 fully saturated rings. The normalized spacial score (nSPS) is 22.8. The highest BCUT2D eigenvalue weighted by Crippen LogP contribution is 2.58. The van der Waals surface area contributed by atoms with E-state index in [-0.39, 0.29) is 5.91 Å². The van der Waals surface area contributed by atoms with Gasteiger partial charge in [-0.2, -0.15) is 0 Å². The van der Waals surface area contributed by atoms with Gasteiger partial charge in [0.25, 0.3) is 0 Å². The maximum Gasteiger partial charge on any atom is 0.307 e. The number of amides is 1. The minimum absolute atomic E-state index is 0.247. The number of aliphatic carboxylic acids is 1. The van der Waals surface area contributed by atoms with Gasteiger partial charge in [-0.3, -0.25) is 14.6 Å². The third-order valence-electron chi connectivity index (χ3n) is 4.32. The molecule has 2 aromatic rings. The molecule has 1 saturated carbocycles. The van der Waals surface area contributed by atoms with Crippen molar-refractivity contribution in [3.05, 3.63) is 36.7 Å². The highest BCUT2D eigenvalue weighted by molar-refractivity contribution is 6.05. The number of nitrogens with zero attached hydrogens (tertiary/aromatic N) is 1. The Morgan fingerprint density at radius 1 is 1.24 bits per heavy atom. The summed E-state index contributed by atoms with van der Waals surface area (Å²) < 4.78 is 0. The van der Waals surface area contributed by atoms with E-state index in [0.717, 1.165) is 10.8 Å². The molecule has 0 saturated heterocycles. The summed E-state index contributed by atoms with van der Waals surface area (Å²) >= 11 is 0. The molecule has 1 amide bonds. The third kappa shape index (κ3) is 2.14. The topological polar surface area (TPSA) is 79.3 Å². The average molecular weight is 284 g/mol. The first-order valence-corrected chi connectivity index (χ1v) is 6.79. The summed E-state index contributed by atoms with van der Waals surface area (Å²) in [5.41, 5.74) is 0.163. The van der Waals surface area contributed by atoms with Crippen LogP contribution in [0.4, 0.5) is 5.69 Å². The predicted molar refractivity (Wildman–Crippen MR) is 78.8 cm³/mol. The second kappa shape index (κ2) is 4.55. The monoisotopic (exact) mass is 284 g/mol. The first-order chi connectivity index (χ1) is 9.93. The number of nitrogens with one attached hydrogen (secondary N) is 1. The van der Waals surface area contributed by atoms with Gasteiger partial charge in [-0.25, -0.2) is 0 Å². The van der Waals surface area contributed by atoms with Crippen LogP contribution in [0.5, 0.6) is 0 Å². The second-order valence-electron chi connectivity index (χ2n) is 6.01. The zero-order valence-electron chi connectivity index (χ0n) is 11.8. The average Bonchev–Trinajstić information content (AvgIpc) is 3.02. The number of hydrogen-bond donors (Lipinski definition) is 2. The van der Waals surface area contributed by atoms with Crippen LogP contribution < -0.4 is 5.32 Å². The number of carboxylic acid groups (broad SMARTS) is 1. The van der Waals surface area contributed by atoms with Gasteiger partial charge < -0.3 is 10.4 Å². The van der Waals surface area contributed by atoms with Crippen molar-refractivity contribution >= 4 is 28.3 Å². The molecular formula is C16H16N2O3. The summed E-state index contributed by atoms with van der Waals surface area (Å²) in [7, 11) is 0. The van der Waals surface area contributed by atoms with Crippen molar-refractivity contribution in [3.63, 3.8) is 0 Å². The van der Waals surface area contributed by atoms with E-state index in [1.54, 1.807) is 32.3 Å². The summed E-state index contributed by atoms with van der Waals surface area (Å²) in [6.07, 6.45) is 3.38. The third-order valence-corrected chi connectivity index (χ3v) is 4.32. The molecule has 1 aromatic carbocycles. The molecule has 5 nitrogen and oxygen atoms in total. The zero-order valence-corrected chi connectivity index (χ0v) is 11.8. The van der Waals surface area contributed by atoms with E-state index >= 15 is 0 Å². The summed E-state index contributed by atoms with van der Waals surface area (Å²) in [6, 6.07) is 7.46. The van der Waals surface area contributed by atoms with Gasteiger partial charge in [0.2, 0.25) is 5.91 Å². The maximum absolute atomic E-state index is 12.4. The molecule has 5 heteroatoms. The van der Waals surface area contributed by atoms with Crippen LogP contribution in [0.25, 0.3) is 10.8 Å². The van der Waals surface area contributed by atoms with Gasteiger partial charge >= 0.3 is 5.97 Å². The van der Waals surface area contributed by atoms with Crippen LogP contribution in [0, 0.1) is 17.3 Å². The Hall–Kier alpha value is -2.43. The van der Waals surface area contributed by atoms with Crippen LogP contribution in [0.3, 0.4) is 0 Å². The van der Waals surface area contributed by atoms with Crippen molar-refractivity contribution in [2.45, 2.75) is 13.8 Å². The predicted octanol–water partition coefficient (Wildman–Crippen LogP) is 2.53. The van der Waals surface area contributed by atoms with Gasteiger partial charge in [0.05, 0.1) is 17.5 Å². The molecular weight excluding hydrogens is 268 g/mol. The Morgan fingerprint density at radius 2 is 2.00 bits per heavy atom. The first kappa shape index (κ1) is 13.5. The Balaban J connectivity index is 1.87. The lowest BCUT2D eigenvalue weighted by atomic mass is 10.1. The van der Waals surface area contributed by atoms with E-state index < -0.39 is 23.2 Å². The van der Waals surface area contributed by atoms with Crippen molar-refractivity contribution in [2.24, 2.45) is 17.3 Å². The summed E-state index contributed by atoms with van der Waals surface area (Å²) in [6.45, 7) is 3.61. The quantitative estimate of drug-likeness (QED) is 0.907. The molecule has 1 heterocycles. The number of hydrogen-bond acceptors (Lipinski definition) is 3. The van der Waals surface area contributed by atoms with Crippen LogP contribution in [0.1, 0.15) is 13.8 Å². The lowest BCUT2D eigenvalue weighted by Gasteiger charge is -2.09. The van der Waals surface area contributed by atoms with Crippen LogP contribution >= 0.6 is 0 Å². The molecule has 3 rings (SSSR count). The van der Waals surface area contributed by atoms with Gasteiger partial charge in [0, 0.05) is 17.8 Å². The smallest absolute Gasteiger partial charge is 0.307 e. The molecule has 108 valence electrons. The van der Waals surface area contributed by atoms with E-state index in [0.29, 0.717) is 5.69 Å². The number of fused-ring (bicyclic) bond motifs is 1.